The molecule has 1 aliphatic rings. The summed E-state index contributed by atoms with van der Waals surface area (Å²) < 4.78 is 0. The number of aromatic amines is 1. The van der Waals surface area contributed by atoms with Crippen molar-refractivity contribution in [2.75, 3.05) is 19.6 Å². The van der Waals surface area contributed by atoms with E-state index in [1.54, 1.807) is 0 Å². The minimum Gasteiger partial charge on any atom is -0.495 e. The van der Waals surface area contributed by atoms with Crippen LogP contribution in [-0.4, -0.2) is 34.6 Å². The zero-order valence-corrected chi connectivity index (χ0v) is 13.7. The average Bonchev–Trinajstić information content (AvgIpc) is 3.02. The van der Waals surface area contributed by atoms with E-state index in [4.69, 9.17) is 0 Å². The number of hydrogen-bond acceptors (Lipinski definition) is 2. The second-order valence-corrected chi connectivity index (χ2v) is 6.43. The van der Waals surface area contributed by atoms with Crippen LogP contribution in [-0.2, 0) is 6.42 Å². The van der Waals surface area contributed by atoms with E-state index in [0.717, 1.165) is 43.4 Å². The molecule has 0 saturated carbocycles. The van der Waals surface area contributed by atoms with Crippen molar-refractivity contribution in [2.45, 2.75) is 12.8 Å². The van der Waals surface area contributed by atoms with Gasteiger partial charge in [-0.1, -0.05) is 48.5 Å². The molecule has 1 aliphatic heterocycles. The Hall–Kier alpha value is -2.52. The second kappa shape index (κ2) is 6.54. The van der Waals surface area contributed by atoms with Crippen molar-refractivity contribution in [1.29, 1.82) is 0 Å². The zero-order valence-electron chi connectivity index (χ0n) is 13.7. The number of nitrogens with zero attached hydrogens (tertiary/aromatic N) is 1. The molecule has 4 rings (SSSR count). The average molecular weight is 318 g/mol. The first kappa shape index (κ1) is 15.0. The Morgan fingerprint density at radius 3 is 2.71 bits per heavy atom. The molecule has 3 heteroatoms. The number of H-pyrrole nitrogens is 1. The maximum atomic E-state index is 9.66. The summed E-state index contributed by atoms with van der Waals surface area (Å²) in [7, 11) is 0. The highest BCUT2D eigenvalue weighted by Gasteiger charge is 2.13. The van der Waals surface area contributed by atoms with Gasteiger partial charge >= 0.3 is 0 Å². The summed E-state index contributed by atoms with van der Waals surface area (Å²) in [6, 6.07) is 18.7. The molecule has 0 fully saturated rings. The van der Waals surface area contributed by atoms with Gasteiger partial charge in [-0.3, -0.25) is 4.90 Å². The van der Waals surface area contributed by atoms with Gasteiger partial charge in [-0.2, -0.15) is 0 Å². The van der Waals surface area contributed by atoms with Gasteiger partial charge in [-0.05, 0) is 35.6 Å². The number of aromatic nitrogens is 1. The normalized spacial score (nSPS) is 15.6. The summed E-state index contributed by atoms with van der Waals surface area (Å²) in [5.74, 6) is 0.242. The van der Waals surface area contributed by atoms with Crippen LogP contribution in [0.25, 0.3) is 16.5 Å². The number of aromatic hydroxyl groups is 1. The van der Waals surface area contributed by atoms with Crippen molar-refractivity contribution in [3.8, 4) is 5.88 Å². The number of hydrogen-bond donors (Lipinski definition) is 2. The van der Waals surface area contributed by atoms with Gasteiger partial charge in [0, 0.05) is 36.6 Å². The van der Waals surface area contributed by atoms with Gasteiger partial charge in [0.15, 0.2) is 5.88 Å². The van der Waals surface area contributed by atoms with Gasteiger partial charge in [-0.15, -0.1) is 0 Å². The smallest absolute Gasteiger partial charge is 0.189 e. The van der Waals surface area contributed by atoms with E-state index in [2.05, 4.69) is 58.4 Å². The third-order valence-corrected chi connectivity index (χ3v) is 4.88. The SMILES string of the molecule is Oc1cc2c(CCN3CC=C(c4ccccc4)CC3)cccc2[nH]1. The van der Waals surface area contributed by atoms with Gasteiger partial charge in [0.2, 0.25) is 0 Å². The Balaban J connectivity index is 1.41. The summed E-state index contributed by atoms with van der Waals surface area (Å²) >= 11 is 0. The van der Waals surface area contributed by atoms with Crippen LogP contribution in [0, 0.1) is 0 Å². The minimum absolute atomic E-state index is 0.242. The predicted octanol–water partition coefficient (Wildman–Crippen LogP) is 4.21. The van der Waals surface area contributed by atoms with Crippen LogP contribution in [0.1, 0.15) is 17.5 Å². The van der Waals surface area contributed by atoms with Crippen molar-refractivity contribution < 1.29 is 5.11 Å². The molecule has 122 valence electrons. The second-order valence-electron chi connectivity index (χ2n) is 6.43. The molecule has 0 atom stereocenters. The molecule has 0 unspecified atom stereocenters. The van der Waals surface area contributed by atoms with Gasteiger partial charge in [-0.25, -0.2) is 0 Å². The van der Waals surface area contributed by atoms with E-state index in [9.17, 15) is 5.11 Å². The van der Waals surface area contributed by atoms with E-state index >= 15 is 0 Å². The number of fused-ring (bicyclic) bond motifs is 1. The molecule has 2 heterocycles. The Labute approximate surface area is 142 Å². The quantitative estimate of drug-likeness (QED) is 0.756. The Kier molecular flexibility index (Phi) is 4.09. The number of rotatable bonds is 4. The summed E-state index contributed by atoms with van der Waals surface area (Å²) in [6.45, 7) is 3.16. The fourth-order valence-corrected chi connectivity index (χ4v) is 3.53. The molecule has 0 amide bonds. The summed E-state index contributed by atoms with van der Waals surface area (Å²) in [6.07, 6.45) is 4.48. The molecule has 0 aliphatic carbocycles. The van der Waals surface area contributed by atoms with Crippen LogP contribution in [0.5, 0.6) is 5.88 Å². The largest absolute Gasteiger partial charge is 0.495 e. The van der Waals surface area contributed by atoms with E-state index < -0.39 is 0 Å². The highest BCUT2D eigenvalue weighted by Crippen LogP contribution is 2.25. The Bertz CT molecular complexity index is 864. The third-order valence-electron chi connectivity index (χ3n) is 4.88. The fourth-order valence-electron chi connectivity index (χ4n) is 3.53. The van der Waals surface area contributed by atoms with Crippen molar-refractivity contribution in [3.05, 3.63) is 71.8 Å². The predicted molar refractivity (Wildman–Crippen MR) is 99.1 cm³/mol. The molecule has 3 aromatic rings. The molecule has 2 aromatic carbocycles. The molecule has 0 bridgehead atoms. The maximum Gasteiger partial charge on any atom is 0.189 e. The fraction of sp³-hybridized carbons (Fsp3) is 0.238. The molecule has 2 N–H and O–H groups in total. The van der Waals surface area contributed by atoms with Crippen LogP contribution in [0.4, 0.5) is 0 Å². The third kappa shape index (κ3) is 3.08. The molecule has 0 radical (unpaired) electrons. The van der Waals surface area contributed by atoms with Crippen LogP contribution in [0.3, 0.4) is 0 Å². The zero-order chi connectivity index (χ0) is 16.4. The van der Waals surface area contributed by atoms with Gasteiger partial charge in [0.05, 0.1) is 0 Å². The molecular formula is C21H22N2O. The standard InChI is InChI=1S/C21H22N2O/c24-21-15-19-18(7-4-8-20(19)22-21)11-14-23-12-9-17(10-13-23)16-5-2-1-3-6-16/h1-9,15,22,24H,10-14H2. The molecular weight excluding hydrogens is 296 g/mol. The van der Waals surface area contributed by atoms with Crippen molar-refractivity contribution in [2.24, 2.45) is 0 Å². The highest BCUT2D eigenvalue weighted by molar-refractivity contribution is 5.84. The lowest BCUT2D eigenvalue weighted by molar-refractivity contribution is 0.306. The lowest BCUT2D eigenvalue weighted by atomic mass is 9.99. The monoisotopic (exact) mass is 318 g/mol. The van der Waals surface area contributed by atoms with Crippen LogP contribution in [0.15, 0.2) is 60.7 Å². The van der Waals surface area contributed by atoms with E-state index in [0.29, 0.717) is 0 Å². The molecule has 1 aromatic heterocycles. The number of benzene rings is 2. The van der Waals surface area contributed by atoms with Gasteiger partial charge in [0.1, 0.15) is 0 Å². The summed E-state index contributed by atoms with van der Waals surface area (Å²) in [5.41, 5.74) is 5.12. The molecule has 3 nitrogen and oxygen atoms in total. The molecule has 0 spiro atoms. The molecule has 24 heavy (non-hydrogen) atoms. The first-order valence-corrected chi connectivity index (χ1v) is 8.56. The minimum atomic E-state index is 0.242. The number of nitrogens with one attached hydrogen (secondary N) is 1. The lowest BCUT2D eigenvalue weighted by Gasteiger charge is -2.26. The summed E-state index contributed by atoms with van der Waals surface area (Å²) in [4.78, 5) is 5.49. The highest BCUT2D eigenvalue weighted by atomic mass is 16.3. The lowest BCUT2D eigenvalue weighted by Crippen LogP contribution is -2.30. The van der Waals surface area contributed by atoms with Crippen LogP contribution >= 0.6 is 0 Å². The van der Waals surface area contributed by atoms with Gasteiger partial charge < -0.3 is 10.1 Å². The van der Waals surface area contributed by atoms with Crippen molar-refractivity contribution >= 4 is 16.5 Å². The topological polar surface area (TPSA) is 39.3 Å². The Morgan fingerprint density at radius 2 is 1.92 bits per heavy atom. The van der Waals surface area contributed by atoms with Crippen molar-refractivity contribution in [3.63, 3.8) is 0 Å². The first-order valence-electron chi connectivity index (χ1n) is 8.56. The van der Waals surface area contributed by atoms with E-state index in [1.165, 1.54) is 16.7 Å². The van der Waals surface area contributed by atoms with Crippen LogP contribution in [0.2, 0.25) is 0 Å². The van der Waals surface area contributed by atoms with E-state index in [-0.39, 0.29) is 5.88 Å². The van der Waals surface area contributed by atoms with E-state index in [1.807, 2.05) is 12.1 Å². The maximum absolute atomic E-state index is 9.66. The Morgan fingerprint density at radius 1 is 1.04 bits per heavy atom. The summed E-state index contributed by atoms with van der Waals surface area (Å²) in [5, 5.41) is 10.8. The van der Waals surface area contributed by atoms with Gasteiger partial charge in [0.25, 0.3) is 0 Å². The molecule has 0 saturated heterocycles. The first-order chi connectivity index (χ1) is 11.8. The van der Waals surface area contributed by atoms with Crippen molar-refractivity contribution in [1.82, 2.24) is 9.88 Å². The van der Waals surface area contributed by atoms with Crippen LogP contribution < -0.4 is 0 Å².